The molecule has 0 spiro atoms. The fourth-order valence-electron chi connectivity index (χ4n) is 1.81. The van der Waals surface area contributed by atoms with Crippen LogP contribution in [0.2, 0.25) is 0 Å². The minimum Gasteiger partial charge on any atom is -0.350 e. The van der Waals surface area contributed by atoms with Crippen molar-refractivity contribution in [1.29, 1.82) is 0 Å². The number of nitrogens with zero attached hydrogens (tertiary/aromatic N) is 2. The maximum absolute atomic E-state index is 11.7. The Hall–Kier alpha value is -2.69. The minimum atomic E-state index is -0.208. The summed E-state index contributed by atoms with van der Waals surface area (Å²) in [6.45, 7) is 6.66. The summed E-state index contributed by atoms with van der Waals surface area (Å²) < 4.78 is 0. The lowest BCUT2D eigenvalue weighted by Gasteiger charge is -2.06. The number of rotatable bonds is 6. The standard InChI is InChI=1S/C16H18N4O/c1-3-7-17-15(21)14-10-19-16(20-11-14)18-9-13-6-4-5-12(2)8-13/h3-6,8,10-11H,1,7,9H2,2H3,(H,17,21)(H,18,19,20). The van der Waals surface area contributed by atoms with Crippen LogP contribution in [0.3, 0.4) is 0 Å². The molecule has 2 N–H and O–H groups in total. The van der Waals surface area contributed by atoms with Crippen LogP contribution in [-0.2, 0) is 6.54 Å². The van der Waals surface area contributed by atoms with E-state index in [1.807, 2.05) is 12.1 Å². The predicted octanol–water partition coefficient (Wildman–Crippen LogP) is 2.31. The van der Waals surface area contributed by atoms with Crippen molar-refractivity contribution >= 4 is 11.9 Å². The van der Waals surface area contributed by atoms with Crippen LogP contribution >= 0.6 is 0 Å². The summed E-state index contributed by atoms with van der Waals surface area (Å²) in [7, 11) is 0. The van der Waals surface area contributed by atoms with Crippen LogP contribution in [-0.4, -0.2) is 22.4 Å². The largest absolute Gasteiger partial charge is 0.350 e. The summed E-state index contributed by atoms with van der Waals surface area (Å²) in [5.74, 6) is 0.289. The number of benzene rings is 1. The van der Waals surface area contributed by atoms with E-state index >= 15 is 0 Å². The first kappa shape index (κ1) is 14.7. The molecule has 0 radical (unpaired) electrons. The van der Waals surface area contributed by atoms with Crippen molar-refractivity contribution < 1.29 is 4.79 Å². The average molecular weight is 282 g/mol. The fourth-order valence-corrected chi connectivity index (χ4v) is 1.81. The molecule has 0 aliphatic heterocycles. The molecule has 0 aliphatic carbocycles. The Morgan fingerprint density at radius 1 is 1.33 bits per heavy atom. The molecule has 108 valence electrons. The summed E-state index contributed by atoms with van der Waals surface area (Å²) in [6.07, 6.45) is 4.63. The quantitative estimate of drug-likeness (QED) is 0.798. The van der Waals surface area contributed by atoms with Crippen molar-refractivity contribution in [1.82, 2.24) is 15.3 Å². The van der Waals surface area contributed by atoms with E-state index in [-0.39, 0.29) is 5.91 Å². The van der Waals surface area contributed by atoms with Gasteiger partial charge in [-0.05, 0) is 12.5 Å². The number of carbonyl (C=O) groups is 1. The maximum atomic E-state index is 11.7. The fraction of sp³-hybridized carbons (Fsp3) is 0.188. The van der Waals surface area contributed by atoms with Gasteiger partial charge in [-0.1, -0.05) is 35.9 Å². The third kappa shape index (κ3) is 4.42. The molecule has 1 amide bonds. The minimum absolute atomic E-state index is 0.208. The second-order valence-electron chi connectivity index (χ2n) is 4.64. The summed E-state index contributed by atoms with van der Waals surface area (Å²) in [4.78, 5) is 19.9. The van der Waals surface area contributed by atoms with E-state index in [4.69, 9.17) is 0 Å². The van der Waals surface area contributed by atoms with Crippen LogP contribution in [0, 0.1) is 6.92 Å². The predicted molar refractivity (Wildman–Crippen MR) is 83.1 cm³/mol. The van der Waals surface area contributed by atoms with Gasteiger partial charge in [0.15, 0.2) is 0 Å². The molecule has 1 aromatic heterocycles. The van der Waals surface area contributed by atoms with Gasteiger partial charge < -0.3 is 10.6 Å². The van der Waals surface area contributed by atoms with E-state index < -0.39 is 0 Å². The first-order valence-corrected chi connectivity index (χ1v) is 6.69. The van der Waals surface area contributed by atoms with E-state index in [1.165, 1.54) is 18.0 Å². The molecule has 2 rings (SSSR count). The van der Waals surface area contributed by atoms with E-state index in [2.05, 4.69) is 46.2 Å². The molecule has 5 nitrogen and oxygen atoms in total. The molecule has 0 fully saturated rings. The molecule has 1 aromatic carbocycles. The number of hydrogen-bond donors (Lipinski definition) is 2. The second-order valence-corrected chi connectivity index (χ2v) is 4.64. The van der Waals surface area contributed by atoms with E-state index in [0.29, 0.717) is 24.6 Å². The second kappa shape index (κ2) is 7.19. The van der Waals surface area contributed by atoms with E-state index in [9.17, 15) is 4.79 Å². The van der Waals surface area contributed by atoms with Crippen LogP contribution in [0.4, 0.5) is 5.95 Å². The summed E-state index contributed by atoms with van der Waals surface area (Å²) in [6, 6.07) is 8.21. The highest BCUT2D eigenvalue weighted by molar-refractivity contribution is 5.93. The maximum Gasteiger partial charge on any atom is 0.254 e. The van der Waals surface area contributed by atoms with Crippen LogP contribution in [0.25, 0.3) is 0 Å². The lowest BCUT2D eigenvalue weighted by atomic mass is 10.1. The van der Waals surface area contributed by atoms with Crippen molar-refractivity contribution in [2.45, 2.75) is 13.5 Å². The Balaban J connectivity index is 1.93. The SMILES string of the molecule is C=CCNC(=O)c1cnc(NCc2cccc(C)c2)nc1. The smallest absolute Gasteiger partial charge is 0.254 e. The van der Waals surface area contributed by atoms with Gasteiger partial charge in [-0.2, -0.15) is 0 Å². The zero-order valence-corrected chi connectivity index (χ0v) is 12.0. The number of carbonyl (C=O) groups excluding carboxylic acids is 1. The molecular formula is C16H18N4O. The van der Waals surface area contributed by atoms with Gasteiger partial charge in [-0.3, -0.25) is 4.79 Å². The first-order valence-electron chi connectivity index (χ1n) is 6.69. The van der Waals surface area contributed by atoms with Gasteiger partial charge in [-0.25, -0.2) is 9.97 Å². The van der Waals surface area contributed by atoms with Crippen molar-refractivity contribution in [3.05, 3.63) is 66.0 Å². The third-order valence-corrected chi connectivity index (χ3v) is 2.85. The molecule has 0 saturated heterocycles. The Bertz CT molecular complexity index is 622. The molecule has 0 atom stereocenters. The molecular weight excluding hydrogens is 264 g/mol. The van der Waals surface area contributed by atoms with Gasteiger partial charge in [-0.15, -0.1) is 6.58 Å². The monoisotopic (exact) mass is 282 g/mol. The lowest BCUT2D eigenvalue weighted by Crippen LogP contribution is -2.23. The molecule has 0 saturated carbocycles. The molecule has 0 unspecified atom stereocenters. The molecule has 5 heteroatoms. The lowest BCUT2D eigenvalue weighted by molar-refractivity contribution is 0.0957. The van der Waals surface area contributed by atoms with Crippen LogP contribution in [0.15, 0.2) is 49.3 Å². The van der Waals surface area contributed by atoms with Gasteiger partial charge in [0.05, 0.1) is 5.56 Å². The van der Waals surface area contributed by atoms with Crippen LogP contribution in [0.1, 0.15) is 21.5 Å². The number of nitrogens with one attached hydrogen (secondary N) is 2. The zero-order chi connectivity index (χ0) is 15.1. The first-order chi connectivity index (χ1) is 10.2. The zero-order valence-electron chi connectivity index (χ0n) is 12.0. The molecule has 1 heterocycles. The van der Waals surface area contributed by atoms with Crippen molar-refractivity contribution in [3.63, 3.8) is 0 Å². The molecule has 21 heavy (non-hydrogen) atoms. The van der Waals surface area contributed by atoms with Crippen LogP contribution in [0.5, 0.6) is 0 Å². The Kier molecular flexibility index (Phi) is 5.04. The van der Waals surface area contributed by atoms with Gasteiger partial charge in [0.1, 0.15) is 0 Å². The summed E-state index contributed by atoms with van der Waals surface area (Å²) in [5.41, 5.74) is 2.80. The van der Waals surface area contributed by atoms with E-state index in [0.717, 1.165) is 5.56 Å². The van der Waals surface area contributed by atoms with Crippen LogP contribution < -0.4 is 10.6 Å². The van der Waals surface area contributed by atoms with Crippen molar-refractivity contribution in [2.24, 2.45) is 0 Å². The normalized spacial score (nSPS) is 9.95. The molecule has 2 aromatic rings. The van der Waals surface area contributed by atoms with Crippen molar-refractivity contribution in [2.75, 3.05) is 11.9 Å². The van der Waals surface area contributed by atoms with Crippen molar-refractivity contribution in [3.8, 4) is 0 Å². The topological polar surface area (TPSA) is 66.9 Å². The number of anilines is 1. The highest BCUT2D eigenvalue weighted by Crippen LogP contribution is 2.07. The van der Waals surface area contributed by atoms with Gasteiger partial charge in [0.25, 0.3) is 5.91 Å². The highest BCUT2D eigenvalue weighted by atomic mass is 16.1. The number of amides is 1. The number of hydrogen-bond acceptors (Lipinski definition) is 4. The Morgan fingerprint density at radius 3 is 2.76 bits per heavy atom. The Labute approximate surface area is 124 Å². The highest BCUT2D eigenvalue weighted by Gasteiger charge is 2.05. The van der Waals surface area contributed by atoms with Gasteiger partial charge in [0.2, 0.25) is 5.95 Å². The third-order valence-electron chi connectivity index (χ3n) is 2.85. The van der Waals surface area contributed by atoms with E-state index in [1.54, 1.807) is 6.08 Å². The van der Waals surface area contributed by atoms with Gasteiger partial charge >= 0.3 is 0 Å². The molecule has 0 bridgehead atoms. The molecule has 0 aliphatic rings. The summed E-state index contributed by atoms with van der Waals surface area (Å²) in [5, 5.41) is 5.80. The van der Waals surface area contributed by atoms with Gasteiger partial charge in [0, 0.05) is 25.5 Å². The Morgan fingerprint density at radius 2 is 2.10 bits per heavy atom. The number of aromatic nitrogens is 2. The average Bonchev–Trinajstić information content (AvgIpc) is 2.51. The summed E-state index contributed by atoms with van der Waals surface area (Å²) >= 11 is 0. The number of aryl methyl sites for hydroxylation is 1.